The first kappa shape index (κ1) is 18.7. The highest BCUT2D eigenvalue weighted by atomic mass is 35.5. The number of rotatable bonds is 3. The smallest absolute Gasteiger partial charge is 0.310 e. The minimum Gasteiger partial charge on any atom is -0.469 e. The maximum absolute atomic E-state index is 12.9. The van der Waals surface area contributed by atoms with Crippen LogP contribution < -0.4 is 5.32 Å². The van der Waals surface area contributed by atoms with Gasteiger partial charge in [-0.05, 0) is 19.8 Å². The van der Waals surface area contributed by atoms with Crippen LogP contribution in [-0.2, 0) is 19.6 Å². The van der Waals surface area contributed by atoms with Crippen molar-refractivity contribution in [2.24, 2.45) is 5.92 Å². The van der Waals surface area contributed by atoms with Gasteiger partial charge in [-0.2, -0.15) is 4.31 Å². The van der Waals surface area contributed by atoms with Crippen molar-refractivity contribution in [3.63, 3.8) is 0 Å². The largest absolute Gasteiger partial charge is 0.469 e. The normalized spacial score (nSPS) is 31.2. The van der Waals surface area contributed by atoms with E-state index in [4.69, 9.17) is 4.74 Å². The van der Waals surface area contributed by atoms with Crippen molar-refractivity contribution in [1.29, 1.82) is 0 Å². The van der Waals surface area contributed by atoms with Gasteiger partial charge < -0.3 is 10.1 Å². The van der Waals surface area contributed by atoms with Gasteiger partial charge in [-0.15, -0.1) is 12.4 Å². The highest BCUT2D eigenvalue weighted by molar-refractivity contribution is 7.89. The molecule has 124 valence electrons. The first-order chi connectivity index (χ1) is 9.48. The number of nitrogens with one attached hydrogen (secondary N) is 1. The molecule has 21 heavy (non-hydrogen) atoms. The lowest BCUT2D eigenvalue weighted by Gasteiger charge is -2.38. The van der Waals surface area contributed by atoms with E-state index in [9.17, 15) is 13.2 Å². The van der Waals surface area contributed by atoms with Crippen LogP contribution in [0.4, 0.5) is 0 Å². The van der Waals surface area contributed by atoms with E-state index in [1.54, 1.807) is 4.31 Å². The predicted octanol–water partition coefficient (Wildman–Crippen LogP) is 0.763. The van der Waals surface area contributed by atoms with Crippen LogP contribution in [0.5, 0.6) is 0 Å². The number of piperazine rings is 1. The van der Waals surface area contributed by atoms with E-state index in [0.717, 1.165) is 12.8 Å². The maximum Gasteiger partial charge on any atom is 0.310 e. The quantitative estimate of drug-likeness (QED) is 0.768. The highest BCUT2D eigenvalue weighted by Gasteiger charge is 2.44. The first-order valence-corrected chi connectivity index (χ1v) is 8.78. The molecular formula is C13H25ClN2O4S. The Hall–Kier alpha value is -0.370. The van der Waals surface area contributed by atoms with Crippen molar-refractivity contribution < 1.29 is 17.9 Å². The average Bonchev–Trinajstić information content (AvgIpc) is 2.46. The van der Waals surface area contributed by atoms with Crippen LogP contribution in [0.3, 0.4) is 0 Å². The van der Waals surface area contributed by atoms with Crippen molar-refractivity contribution in [2.45, 2.75) is 43.9 Å². The zero-order valence-electron chi connectivity index (χ0n) is 12.6. The third kappa shape index (κ3) is 3.88. The fourth-order valence-corrected chi connectivity index (χ4v) is 5.65. The second kappa shape index (κ2) is 7.76. The Kier molecular flexibility index (Phi) is 6.90. The van der Waals surface area contributed by atoms with Crippen molar-refractivity contribution in [1.82, 2.24) is 9.62 Å². The number of nitrogens with zero attached hydrogens (tertiary/aromatic N) is 1. The Morgan fingerprint density at radius 2 is 1.95 bits per heavy atom. The van der Waals surface area contributed by atoms with Gasteiger partial charge in [0.05, 0.1) is 18.3 Å². The summed E-state index contributed by atoms with van der Waals surface area (Å²) in [5.41, 5.74) is 0. The number of carbonyl (C=O) groups is 1. The molecule has 0 bridgehead atoms. The molecule has 0 aromatic rings. The fourth-order valence-electron chi connectivity index (χ4n) is 3.25. The number of carbonyl (C=O) groups excluding carboxylic acids is 1. The molecule has 1 N–H and O–H groups in total. The van der Waals surface area contributed by atoms with Crippen molar-refractivity contribution in [2.75, 3.05) is 26.7 Å². The molecule has 1 saturated carbocycles. The number of halogens is 1. The van der Waals surface area contributed by atoms with E-state index in [0.29, 0.717) is 32.5 Å². The zero-order chi connectivity index (χ0) is 14.8. The molecule has 0 radical (unpaired) electrons. The summed E-state index contributed by atoms with van der Waals surface area (Å²) in [6.45, 7) is 3.71. The van der Waals surface area contributed by atoms with Gasteiger partial charge in [-0.25, -0.2) is 8.42 Å². The topological polar surface area (TPSA) is 75.7 Å². The van der Waals surface area contributed by atoms with E-state index in [1.165, 1.54) is 7.11 Å². The van der Waals surface area contributed by atoms with Gasteiger partial charge in [0.2, 0.25) is 10.0 Å². The van der Waals surface area contributed by atoms with E-state index >= 15 is 0 Å². The van der Waals surface area contributed by atoms with Crippen LogP contribution in [0.2, 0.25) is 0 Å². The van der Waals surface area contributed by atoms with Gasteiger partial charge >= 0.3 is 5.97 Å². The molecule has 0 amide bonds. The lowest BCUT2D eigenvalue weighted by Crippen LogP contribution is -2.56. The van der Waals surface area contributed by atoms with Gasteiger partial charge in [0.25, 0.3) is 0 Å². The summed E-state index contributed by atoms with van der Waals surface area (Å²) in [6.07, 6.45) is 2.91. The number of methoxy groups -OCH3 is 1. The van der Waals surface area contributed by atoms with E-state index < -0.39 is 21.2 Å². The third-order valence-corrected chi connectivity index (χ3v) is 6.88. The molecule has 2 unspecified atom stereocenters. The average molecular weight is 341 g/mol. The molecular weight excluding hydrogens is 316 g/mol. The Morgan fingerprint density at radius 3 is 2.57 bits per heavy atom. The molecule has 1 saturated heterocycles. The standard InChI is InChI=1S/C13H24N2O4S.ClH/c1-10-9-14-7-8-15(10)20(17,18)12-6-4-3-5-11(12)13(16)19-2;/h10-12,14H,3-9H2,1-2H3;1H/t10-,11?,12?;/m1./s1. The molecule has 1 aliphatic heterocycles. The van der Waals surface area contributed by atoms with E-state index in [1.807, 2.05) is 6.92 Å². The molecule has 2 rings (SSSR count). The second-order valence-corrected chi connectivity index (χ2v) is 7.77. The summed E-state index contributed by atoms with van der Waals surface area (Å²) in [7, 11) is -2.12. The summed E-state index contributed by atoms with van der Waals surface area (Å²) in [5, 5.41) is 2.57. The second-order valence-electron chi connectivity index (χ2n) is 5.66. The van der Waals surface area contributed by atoms with Crippen molar-refractivity contribution in [3.05, 3.63) is 0 Å². The fraction of sp³-hybridized carbons (Fsp3) is 0.923. The Labute approximate surface area is 133 Å². The number of hydrogen-bond acceptors (Lipinski definition) is 5. The van der Waals surface area contributed by atoms with Crippen LogP contribution in [0.15, 0.2) is 0 Å². The molecule has 6 nitrogen and oxygen atoms in total. The molecule has 2 fully saturated rings. The van der Waals surface area contributed by atoms with Gasteiger partial charge in [0, 0.05) is 25.7 Å². The number of ether oxygens (including phenoxy) is 1. The van der Waals surface area contributed by atoms with E-state index in [-0.39, 0.29) is 24.4 Å². The molecule has 2 aliphatic rings. The van der Waals surface area contributed by atoms with Crippen LogP contribution in [0.1, 0.15) is 32.6 Å². The minimum absolute atomic E-state index is 0. The summed E-state index contributed by atoms with van der Waals surface area (Å²) >= 11 is 0. The minimum atomic E-state index is -3.45. The molecule has 0 spiro atoms. The number of esters is 1. The van der Waals surface area contributed by atoms with Gasteiger partial charge in [0.1, 0.15) is 0 Å². The molecule has 1 heterocycles. The van der Waals surface area contributed by atoms with Crippen LogP contribution in [0.25, 0.3) is 0 Å². The lowest BCUT2D eigenvalue weighted by molar-refractivity contribution is -0.146. The molecule has 1 aliphatic carbocycles. The van der Waals surface area contributed by atoms with E-state index in [2.05, 4.69) is 5.32 Å². The van der Waals surface area contributed by atoms with Crippen LogP contribution in [-0.4, -0.2) is 56.7 Å². The summed E-state index contributed by atoms with van der Waals surface area (Å²) in [6, 6.07) is -0.0611. The lowest BCUT2D eigenvalue weighted by atomic mass is 9.89. The van der Waals surface area contributed by atoms with Crippen molar-refractivity contribution >= 4 is 28.4 Å². The summed E-state index contributed by atoms with van der Waals surface area (Å²) in [5.74, 6) is -0.901. The van der Waals surface area contributed by atoms with Crippen LogP contribution in [0, 0.1) is 5.92 Å². The Balaban J connectivity index is 0.00000220. The van der Waals surface area contributed by atoms with Crippen molar-refractivity contribution in [3.8, 4) is 0 Å². The molecule has 3 atom stereocenters. The third-order valence-electron chi connectivity index (χ3n) is 4.36. The SMILES string of the molecule is COC(=O)C1CCCCC1S(=O)(=O)N1CCNC[C@H]1C.Cl. The number of sulfonamides is 1. The summed E-state index contributed by atoms with van der Waals surface area (Å²) in [4.78, 5) is 11.9. The summed E-state index contributed by atoms with van der Waals surface area (Å²) < 4.78 is 32.1. The van der Waals surface area contributed by atoms with Gasteiger partial charge in [0.15, 0.2) is 0 Å². The van der Waals surface area contributed by atoms with Gasteiger partial charge in [-0.3, -0.25) is 4.79 Å². The Bertz CT molecular complexity index is 457. The molecule has 0 aromatic heterocycles. The number of hydrogen-bond donors (Lipinski definition) is 1. The van der Waals surface area contributed by atoms with Crippen LogP contribution >= 0.6 is 12.4 Å². The monoisotopic (exact) mass is 340 g/mol. The first-order valence-electron chi connectivity index (χ1n) is 7.27. The van der Waals surface area contributed by atoms with Gasteiger partial charge in [-0.1, -0.05) is 12.8 Å². The Morgan fingerprint density at radius 1 is 1.29 bits per heavy atom. The molecule has 8 heteroatoms. The predicted molar refractivity (Wildman–Crippen MR) is 83.0 cm³/mol. The maximum atomic E-state index is 12.9. The molecule has 0 aromatic carbocycles. The highest BCUT2D eigenvalue weighted by Crippen LogP contribution is 2.33. The zero-order valence-corrected chi connectivity index (χ0v) is 14.2.